The lowest BCUT2D eigenvalue weighted by Crippen LogP contribution is -2.40. The minimum atomic E-state index is -0.675. The van der Waals surface area contributed by atoms with Gasteiger partial charge >= 0.3 is 0 Å². The lowest BCUT2D eigenvalue weighted by Gasteiger charge is -2.28. The first kappa shape index (κ1) is 25.6. The molecule has 0 radical (unpaired) electrons. The number of hydrogen-bond acceptors (Lipinski definition) is 9. The molecule has 0 unspecified atom stereocenters. The van der Waals surface area contributed by atoms with Gasteiger partial charge in [0.05, 0.1) is 36.1 Å². The van der Waals surface area contributed by atoms with Crippen LogP contribution in [0.2, 0.25) is 0 Å². The van der Waals surface area contributed by atoms with Gasteiger partial charge in [-0.15, -0.1) is 11.3 Å². The molecule has 1 saturated heterocycles. The summed E-state index contributed by atoms with van der Waals surface area (Å²) in [6, 6.07) is 14.6. The first-order chi connectivity index (χ1) is 18.3. The molecule has 2 aromatic heterocycles. The smallest absolute Gasteiger partial charge is 0.252 e. The SMILES string of the molecule is COc1cccc(C(=O)NC(C)(C)c2cc3nc(-c4cccc(N)c4C=N)nc(N4CCOCC4)c3s2)c1. The normalized spacial score (nSPS) is 13.9. The summed E-state index contributed by atoms with van der Waals surface area (Å²) in [4.78, 5) is 26.2. The number of carbonyl (C=O) groups is 1. The molecule has 2 aromatic carbocycles. The van der Waals surface area contributed by atoms with Gasteiger partial charge in [0.2, 0.25) is 0 Å². The maximum absolute atomic E-state index is 13.1. The largest absolute Gasteiger partial charge is 0.497 e. The third-order valence-electron chi connectivity index (χ3n) is 6.56. The Morgan fingerprint density at radius 2 is 1.95 bits per heavy atom. The van der Waals surface area contributed by atoms with Gasteiger partial charge in [0.1, 0.15) is 5.75 Å². The van der Waals surface area contributed by atoms with Crippen molar-refractivity contribution in [3.63, 3.8) is 0 Å². The van der Waals surface area contributed by atoms with Crippen molar-refractivity contribution in [2.75, 3.05) is 44.0 Å². The summed E-state index contributed by atoms with van der Waals surface area (Å²) in [5, 5.41) is 11.1. The second-order valence-electron chi connectivity index (χ2n) is 9.56. The van der Waals surface area contributed by atoms with Crippen LogP contribution in [-0.2, 0) is 10.3 Å². The number of amides is 1. The molecule has 5 rings (SSSR count). The van der Waals surface area contributed by atoms with Crippen LogP contribution in [-0.4, -0.2) is 55.5 Å². The molecule has 0 spiro atoms. The molecule has 4 aromatic rings. The molecule has 38 heavy (non-hydrogen) atoms. The lowest BCUT2D eigenvalue weighted by molar-refractivity contribution is 0.0913. The van der Waals surface area contributed by atoms with Gasteiger partial charge in [0.15, 0.2) is 11.6 Å². The summed E-state index contributed by atoms with van der Waals surface area (Å²) in [5.41, 5.74) is 8.57. The first-order valence-electron chi connectivity index (χ1n) is 12.3. The van der Waals surface area contributed by atoms with E-state index in [0.717, 1.165) is 20.9 Å². The summed E-state index contributed by atoms with van der Waals surface area (Å²) < 4.78 is 11.8. The van der Waals surface area contributed by atoms with Crippen LogP contribution in [0, 0.1) is 5.41 Å². The highest BCUT2D eigenvalue weighted by atomic mass is 32.1. The average molecular weight is 531 g/mol. The summed E-state index contributed by atoms with van der Waals surface area (Å²) in [6.07, 6.45) is 1.24. The van der Waals surface area contributed by atoms with Crippen molar-refractivity contribution in [3.05, 3.63) is 64.5 Å². The van der Waals surface area contributed by atoms with Crippen LogP contribution in [0.15, 0.2) is 48.5 Å². The van der Waals surface area contributed by atoms with Gasteiger partial charge in [0, 0.05) is 46.6 Å². The summed E-state index contributed by atoms with van der Waals surface area (Å²) >= 11 is 1.57. The number of methoxy groups -OCH3 is 1. The number of nitrogen functional groups attached to an aromatic ring is 1. The molecule has 0 atom stereocenters. The third-order valence-corrected chi connectivity index (χ3v) is 8.01. The van der Waals surface area contributed by atoms with Crippen LogP contribution in [0.5, 0.6) is 5.75 Å². The molecule has 3 heterocycles. The van der Waals surface area contributed by atoms with E-state index in [-0.39, 0.29) is 5.91 Å². The number of nitrogens with two attached hydrogens (primary N) is 1. The second-order valence-corrected chi connectivity index (χ2v) is 10.6. The molecule has 4 N–H and O–H groups in total. The van der Waals surface area contributed by atoms with Crippen molar-refractivity contribution in [2.45, 2.75) is 19.4 Å². The van der Waals surface area contributed by atoms with Gasteiger partial charge in [-0.1, -0.05) is 18.2 Å². The van der Waals surface area contributed by atoms with Crippen LogP contribution in [0.4, 0.5) is 11.5 Å². The molecule has 1 fully saturated rings. The summed E-state index contributed by atoms with van der Waals surface area (Å²) in [5.74, 6) is 1.76. The fourth-order valence-corrected chi connectivity index (χ4v) is 5.63. The minimum absolute atomic E-state index is 0.193. The fourth-order valence-electron chi connectivity index (χ4n) is 4.45. The molecule has 9 nitrogen and oxygen atoms in total. The van der Waals surface area contributed by atoms with E-state index in [4.69, 9.17) is 30.6 Å². The predicted octanol–water partition coefficient (Wildman–Crippen LogP) is 4.45. The molecule has 196 valence electrons. The van der Waals surface area contributed by atoms with Crippen molar-refractivity contribution < 1.29 is 14.3 Å². The molecule has 0 aliphatic carbocycles. The number of thiophene rings is 1. The highest BCUT2D eigenvalue weighted by Gasteiger charge is 2.29. The molecule has 0 bridgehead atoms. The van der Waals surface area contributed by atoms with E-state index in [1.165, 1.54) is 6.21 Å². The first-order valence-corrected chi connectivity index (χ1v) is 13.1. The van der Waals surface area contributed by atoms with E-state index in [0.29, 0.717) is 60.3 Å². The number of aromatic nitrogens is 2. The van der Waals surface area contributed by atoms with E-state index >= 15 is 0 Å². The van der Waals surface area contributed by atoms with Crippen molar-refractivity contribution in [3.8, 4) is 17.1 Å². The van der Waals surface area contributed by atoms with Crippen molar-refractivity contribution in [2.24, 2.45) is 0 Å². The van der Waals surface area contributed by atoms with Crippen molar-refractivity contribution in [1.29, 1.82) is 5.41 Å². The topological polar surface area (TPSA) is 126 Å². The number of rotatable bonds is 7. The Morgan fingerprint density at radius 3 is 2.68 bits per heavy atom. The van der Waals surface area contributed by atoms with Crippen LogP contribution in [0.25, 0.3) is 21.6 Å². The van der Waals surface area contributed by atoms with Crippen molar-refractivity contribution in [1.82, 2.24) is 15.3 Å². The zero-order valence-corrected chi connectivity index (χ0v) is 22.4. The molecule has 10 heteroatoms. The molecule has 0 saturated carbocycles. The Hall–Kier alpha value is -4.02. The van der Waals surface area contributed by atoms with Gasteiger partial charge < -0.3 is 30.8 Å². The van der Waals surface area contributed by atoms with Gasteiger partial charge in [-0.2, -0.15) is 0 Å². The van der Waals surface area contributed by atoms with E-state index in [9.17, 15) is 4.79 Å². The van der Waals surface area contributed by atoms with Gasteiger partial charge in [-0.3, -0.25) is 4.79 Å². The van der Waals surface area contributed by atoms with Crippen LogP contribution < -0.4 is 20.7 Å². The third kappa shape index (κ3) is 4.92. The van der Waals surface area contributed by atoms with Gasteiger partial charge in [-0.25, -0.2) is 9.97 Å². The zero-order chi connectivity index (χ0) is 26.9. The minimum Gasteiger partial charge on any atom is -0.497 e. The standard InChI is InChI=1S/C28H30N6O3S/c1-28(2,33-27(35)17-6-4-7-18(14-17)36-3)23-15-22-24(38-23)26(34-10-12-37-13-11-34)32-25(31-22)19-8-5-9-21(30)20(19)16-29/h4-9,14-16,29H,10-13,30H2,1-3H3,(H,33,35). The average Bonchev–Trinajstić information content (AvgIpc) is 3.38. The summed E-state index contributed by atoms with van der Waals surface area (Å²) in [7, 11) is 1.58. The summed E-state index contributed by atoms with van der Waals surface area (Å²) in [6.45, 7) is 6.61. The Labute approximate surface area is 225 Å². The number of nitrogens with one attached hydrogen (secondary N) is 2. The predicted molar refractivity (Wildman–Crippen MR) is 152 cm³/mol. The molecule has 1 aliphatic rings. The van der Waals surface area contributed by atoms with Gasteiger partial charge in [-0.05, 0) is 44.2 Å². The van der Waals surface area contributed by atoms with Crippen LogP contribution in [0.3, 0.4) is 0 Å². The zero-order valence-electron chi connectivity index (χ0n) is 21.6. The quantitative estimate of drug-likeness (QED) is 0.238. The number of benzene rings is 2. The Bertz CT molecular complexity index is 1510. The van der Waals surface area contributed by atoms with Crippen molar-refractivity contribution >= 4 is 45.2 Å². The number of morpholine rings is 1. The number of nitrogens with zero attached hydrogens (tertiary/aromatic N) is 3. The highest BCUT2D eigenvalue weighted by Crippen LogP contribution is 2.39. The Balaban J connectivity index is 1.58. The number of ether oxygens (including phenoxy) is 2. The Kier molecular flexibility index (Phi) is 7.00. The molecular formula is C28H30N6O3S. The maximum Gasteiger partial charge on any atom is 0.252 e. The van der Waals surface area contributed by atoms with Crippen LogP contribution in [0.1, 0.15) is 34.6 Å². The maximum atomic E-state index is 13.1. The number of fused-ring (bicyclic) bond motifs is 1. The number of hydrogen-bond donors (Lipinski definition) is 3. The lowest BCUT2D eigenvalue weighted by atomic mass is 10.0. The van der Waals surface area contributed by atoms with E-state index in [2.05, 4.69) is 10.2 Å². The van der Waals surface area contributed by atoms with Crippen LogP contribution >= 0.6 is 11.3 Å². The fraction of sp³-hybridized carbons (Fsp3) is 0.286. The molecular weight excluding hydrogens is 500 g/mol. The monoisotopic (exact) mass is 530 g/mol. The Morgan fingerprint density at radius 1 is 1.18 bits per heavy atom. The van der Waals surface area contributed by atoms with Gasteiger partial charge in [0.25, 0.3) is 5.91 Å². The second kappa shape index (κ2) is 10.4. The molecule has 1 aliphatic heterocycles. The van der Waals surface area contributed by atoms with E-state index in [1.807, 2.05) is 38.1 Å². The number of carbonyl (C=O) groups excluding carboxylic acids is 1. The number of anilines is 2. The molecule has 1 amide bonds. The van der Waals surface area contributed by atoms with E-state index < -0.39 is 5.54 Å². The van der Waals surface area contributed by atoms with E-state index in [1.54, 1.807) is 42.7 Å². The highest BCUT2D eigenvalue weighted by molar-refractivity contribution is 7.19.